The van der Waals surface area contributed by atoms with Crippen LogP contribution in [-0.4, -0.2) is 41.3 Å². The zero-order chi connectivity index (χ0) is 14.0. The van der Waals surface area contributed by atoms with Crippen LogP contribution >= 0.6 is 0 Å². The Morgan fingerprint density at radius 3 is 2.37 bits per heavy atom. The third kappa shape index (κ3) is 2.29. The largest absolute Gasteiger partial charge is 0.497 e. The van der Waals surface area contributed by atoms with Gasteiger partial charge in [0, 0.05) is 6.54 Å². The van der Waals surface area contributed by atoms with E-state index in [1.54, 1.807) is 31.2 Å². The highest BCUT2D eigenvalue weighted by Crippen LogP contribution is 2.18. The predicted octanol–water partition coefficient (Wildman–Crippen LogP) is 1.01. The summed E-state index contributed by atoms with van der Waals surface area (Å²) in [5.74, 6) is -0.916. The summed E-state index contributed by atoms with van der Waals surface area (Å²) in [6.45, 7) is 1.91. The number of ether oxygens (including phenoxy) is 1. The second-order valence-corrected chi connectivity index (χ2v) is 4.07. The summed E-state index contributed by atoms with van der Waals surface area (Å²) < 4.78 is 5.07. The summed E-state index contributed by atoms with van der Waals surface area (Å²) in [5, 5.41) is 0. The van der Waals surface area contributed by atoms with E-state index < -0.39 is 17.8 Å². The molecule has 1 saturated heterocycles. The Bertz CT molecular complexity index is 541. The van der Waals surface area contributed by atoms with Gasteiger partial charge in [-0.2, -0.15) is 0 Å². The fourth-order valence-electron chi connectivity index (χ4n) is 1.92. The number of amides is 4. The molecule has 1 aliphatic rings. The van der Waals surface area contributed by atoms with E-state index in [4.69, 9.17) is 4.74 Å². The maximum atomic E-state index is 11.9. The van der Waals surface area contributed by atoms with Crippen molar-refractivity contribution >= 4 is 17.8 Å². The molecule has 0 bridgehead atoms. The number of nitrogens with zero attached hydrogens (tertiary/aromatic N) is 2. The van der Waals surface area contributed by atoms with Crippen molar-refractivity contribution in [3.05, 3.63) is 29.8 Å². The highest BCUT2D eigenvalue weighted by atomic mass is 16.5. The first kappa shape index (κ1) is 13.1. The molecule has 6 heteroatoms. The minimum Gasteiger partial charge on any atom is -0.497 e. The average molecular weight is 262 g/mol. The monoisotopic (exact) mass is 262 g/mol. The molecule has 0 atom stereocenters. The van der Waals surface area contributed by atoms with Crippen LogP contribution in [0.4, 0.5) is 4.79 Å². The Hall–Kier alpha value is -2.37. The fourth-order valence-corrected chi connectivity index (χ4v) is 1.92. The summed E-state index contributed by atoms with van der Waals surface area (Å²) in [7, 11) is 1.54. The Morgan fingerprint density at radius 2 is 1.79 bits per heavy atom. The molecule has 100 valence electrons. The van der Waals surface area contributed by atoms with Gasteiger partial charge in [-0.05, 0) is 24.6 Å². The van der Waals surface area contributed by atoms with Crippen molar-refractivity contribution < 1.29 is 19.1 Å². The maximum Gasteiger partial charge on any atom is 0.334 e. The number of rotatable bonds is 4. The van der Waals surface area contributed by atoms with Gasteiger partial charge in [-0.3, -0.25) is 19.4 Å². The summed E-state index contributed by atoms with van der Waals surface area (Å²) in [4.78, 5) is 37.1. The molecule has 0 unspecified atom stereocenters. The van der Waals surface area contributed by atoms with E-state index in [1.165, 1.54) is 7.11 Å². The number of likely N-dealkylation sites (N-methyl/N-ethyl adjacent to an activating group) is 1. The third-order valence-corrected chi connectivity index (χ3v) is 2.93. The summed E-state index contributed by atoms with van der Waals surface area (Å²) in [6.07, 6.45) is 0. The van der Waals surface area contributed by atoms with Crippen LogP contribution in [0.5, 0.6) is 5.75 Å². The molecule has 1 heterocycles. The van der Waals surface area contributed by atoms with Gasteiger partial charge >= 0.3 is 17.8 Å². The van der Waals surface area contributed by atoms with Crippen molar-refractivity contribution in [3.63, 3.8) is 0 Å². The third-order valence-electron chi connectivity index (χ3n) is 2.93. The Balaban J connectivity index is 2.21. The van der Waals surface area contributed by atoms with Crippen LogP contribution in [0.3, 0.4) is 0 Å². The molecule has 0 aliphatic carbocycles. The number of hydrogen-bond acceptors (Lipinski definition) is 4. The normalized spacial score (nSPS) is 15.4. The molecule has 1 fully saturated rings. The molecule has 0 radical (unpaired) electrons. The van der Waals surface area contributed by atoms with Gasteiger partial charge in [0.1, 0.15) is 5.75 Å². The minimum atomic E-state index is -0.783. The molecular formula is C13H14N2O4. The molecule has 0 spiro atoms. The molecule has 2 rings (SSSR count). The van der Waals surface area contributed by atoms with Crippen molar-refractivity contribution in [2.75, 3.05) is 13.7 Å². The predicted molar refractivity (Wildman–Crippen MR) is 66.3 cm³/mol. The van der Waals surface area contributed by atoms with Gasteiger partial charge in [0.25, 0.3) is 0 Å². The number of benzene rings is 1. The molecule has 0 aromatic heterocycles. The van der Waals surface area contributed by atoms with Crippen LogP contribution in [-0.2, 0) is 16.1 Å². The van der Waals surface area contributed by atoms with Gasteiger partial charge in [0.15, 0.2) is 0 Å². The van der Waals surface area contributed by atoms with Gasteiger partial charge in [0.05, 0.1) is 13.7 Å². The SMILES string of the molecule is CCN1C(=O)C(=O)N(Cc2cccc(OC)c2)C1=O. The van der Waals surface area contributed by atoms with Gasteiger partial charge in [0.2, 0.25) is 0 Å². The summed E-state index contributed by atoms with van der Waals surface area (Å²) in [6, 6.07) is 6.45. The highest BCUT2D eigenvalue weighted by molar-refractivity contribution is 6.44. The second-order valence-electron chi connectivity index (χ2n) is 4.07. The number of carbonyl (C=O) groups excluding carboxylic acids is 3. The maximum absolute atomic E-state index is 11.9. The summed E-state index contributed by atoms with van der Waals surface area (Å²) >= 11 is 0. The molecule has 0 saturated carbocycles. The van der Waals surface area contributed by atoms with Crippen LogP contribution in [0.1, 0.15) is 12.5 Å². The molecule has 6 nitrogen and oxygen atoms in total. The zero-order valence-electron chi connectivity index (χ0n) is 10.8. The van der Waals surface area contributed by atoms with E-state index in [0.29, 0.717) is 5.75 Å². The van der Waals surface area contributed by atoms with E-state index in [9.17, 15) is 14.4 Å². The number of hydrogen-bond donors (Lipinski definition) is 0. The van der Waals surface area contributed by atoms with E-state index in [1.807, 2.05) is 0 Å². The zero-order valence-corrected chi connectivity index (χ0v) is 10.8. The van der Waals surface area contributed by atoms with E-state index in [-0.39, 0.29) is 13.1 Å². The minimum absolute atomic E-state index is 0.0666. The molecule has 4 amide bonds. The van der Waals surface area contributed by atoms with Crippen LogP contribution in [0.2, 0.25) is 0 Å². The van der Waals surface area contributed by atoms with Gasteiger partial charge < -0.3 is 4.74 Å². The van der Waals surface area contributed by atoms with Crippen LogP contribution < -0.4 is 4.74 Å². The van der Waals surface area contributed by atoms with Crippen LogP contribution in [0.25, 0.3) is 0 Å². The van der Waals surface area contributed by atoms with Gasteiger partial charge in [-0.15, -0.1) is 0 Å². The van der Waals surface area contributed by atoms with Crippen LogP contribution in [0, 0.1) is 0 Å². The van der Waals surface area contributed by atoms with Crippen molar-refractivity contribution in [2.24, 2.45) is 0 Å². The van der Waals surface area contributed by atoms with Gasteiger partial charge in [-0.1, -0.05) is 12.1 Å². The molecule has 1 aliphatic heterocycles. The molecule has 1 aromatic carbocycles. The lowest BCUT2D eigenvalue weighted by Gasteiger charge is -2.14. The first-order valence-corrected chi connectivity index (χ1v) is 5.88. The van der Waals surface area contributed by atoms with E-state index in [2.05, 4.69) is 0 Å². The Kier molecular flexibility index (Phi) is 3.50. The lowest BCUT2D eigenvalue weighted by Crippen LogP contribution is -2.32. The fraction of sp³-hybridized carbons (Fsp3) is 0.308. The van der Waals surface area contributed by atoms with Crippen LogP contribution in [0.15, 0.2) is 24.3 Å². The van der Waals surface area contributed by atoms with Crippen molar-refractivity contribution in [1.29, 1.82) is 0 Å². The highest BCUT2D eigenvalue weighted by Gasteiger charge is 2.43. The van der Waals surface area contributed by atoms with Crippen molar-refractivity contribution in [2.45, 2.75) is 13.5 Å². The number of imide groups is 2. The summed E-state index contributed by atoms with van der Waals surface area (Å²) in [5.41, 5.74) is 0.729. The Morgan fingerprint density at radius 1 is 1.11 bits per heavy atom. The first-order valence-electron chi connectivity index (χ1n) is 5.88. The van der Waals surface area contributed by atoms with Crippen molar-refractivity contribution in [1.82, 2.24) is 9.80 Å². The van der Waals surface area contributed by atoms with E-state index >= 15 is 0 Å². The topological polar surface area (TPSA) is 66.9 Å². The smallest absolute Gasteiger partial charge is 0.334 e. The quantitative estimate of drug-likeness (QED) is 0.600. The Labute approximate surface area is 110 Å². The van der Waals surface area contributed by atoms with E-state index in [0.717, 1.165) is 15.4 Å². The molecular weight excluding hydrogens is 248 g/mol. The molecule has 19 heavy (non-hydrogen) atoms. The lowest BCUT2D eigenvalue weighted by molar-refractivity contribution is -0.143. The number of methoxy groups -OCH3 is 1. The first-order chi connectivity index (χ1) is 9.08. The average Bonchev–Trinajstić information content (AvgIpc) is 2.63. The van der Waals surface area contributed by atoms with Gasteiger partial charge in [-0.25, -0.2) is 4.79 Å². The lowest BCUT2D eigenvalue weighted by atomic mass is 10.2. The molecule has 1 aromatic rings. The molecule has 0 N–H and O–H groups in total. The standard InChI is InChI=1S/C13H14N2O4/c1-3-14-11(16)12(17)15(13(14)18)8-9-5-4-6-10(7-9)19-2/h4-7H,3,8H2,1-2H3. The second kappa shape index (κ2) is 5.09. The number of urea groups is 1. The number of carbonyl (C=O) groups is 3. The van der Waals surface area contributed by atoms with Crippen molar-refractivity contribution in [3.8, 4) is 5.75 Å².